The average Bonchev–Trinajstić information content (AvgIpc) is 2.92. The first-order chi connectivity index (χ1) is 11.6. The van der Waals surface area contributed by atoms with Gasteiger partial charge in [0, 0.05) is 0 Å². The second-order valence-corrected chi connectivity index (χ2v) is 6.15. The summed E-state index contributed by atoms with van der Waals surface area (Å²) in [6, 6.07) is 12.3. The van der Waals surface area contributed by atoms with Gasteiger partial charge in [0.05, 0.1) is 5.56 Å². The number of hydrogen-bond donors (Lipinski definition) is 1. The van der Waals surface area contributed by atoms with Gasteiger partial charge in [-0.05, 0) is 17.7 Å². The van der Waals surface area contributed by atoms with Crippen LogP contribution >= 0.6 is 0 Å². The molecule has 1 unspecified atom stereocenters. The Balaban J connectivity index is 1.96. The lowest BCUT2D eigenvalue weighted by Crippen LogP contribution is -2.24. The van der Waals surface area contributed by atoms with Crippen molar-refractivity contribution in [2.45, 2.75) is 6.61 Å². The molecule has 7 heteroatoms. The van der Waals surface area contributed by atoms with Crippen LogP contribution in [-0.4, -0.2) is 16.7 Å². The number of carbonyl (C=O) groups excluding carboxylic acids is 1. The second-order valence-electron chi connectivity index (χ2n) is 5.00. The van der Waals surface area contributed by atoms with Crippen molar-refractivity contribution < 1.29 is 18.1 Å². The van der Waals surface area contributed by atoms with Crippen LogP contribution in [-0.2, 0) is 22.6 Å². The molecule has 0 bridgehead atoms. The van der Waals surface area contributed by atoms with Gasteiger partial charge in [-0.3, -0.25) is 13.8 Å². The van der Waals surface area contributed by atoms with Crippen molar-refractivity contribution in [2.24, 2.45) is 0 Å². The van der Waals surface area contributed by atoms with E-state index in [4.69, 9.17) is 11.2 Å². The molecule has 1 atom stereocenters. The Labute approximate surface area is 141 Å². The van der Waals surface area contributed by atoms with Gasteiger partial charge in [0.15, 0.2) is 5.82 Å². The third-order valence-electron chi connectivity index (χ3n) is 3.41. The van der Waals surface area contributed by atoms with E-state index < -0.39 is 22.9 Å². The van der Waals surface area contributed by atoms with Gasteiger partial charge in [-0.15, -0.1) is 6.42 Å². The molecule has 1 amide bonds. The minimum atomic E-state index is -1.88. The van der Waals surface area contributed by atoms with Crippen LogP contribution in [0.5, 0.6) is 5.75 Å². The van der Waals surface area contributed by atoms with Gasteiger partial charge in [0.25, 0.3) is 5.91 Å². The Kier molecular flexibility index (Phi) is 4.49. The Morgan fingerprint density at radius 2 is 2.04 bits per heavy atom. The number of nitrogens with zero attached hydrogens (tertiary/aromatic N) is 1. The predicted molar refractivity (Wildman–Crippen MR) is 88.7 cm³/mol. The first kappa shape index (κ1) is 16.0. The topological polar surface area (TPSA) is 58.6 Å². The summed E-state index contributed by atoms with van der Waals surface area (Å²) in [6.07, 6.45) is 5.29. The summed E-state index contributed by atoms with van der Waals surface area (Å²) in [7, 11) is 0. The number of nitrogens with one attached hydrogen (secondary N) is 1. The number of rotatable bonds is 4. The molecule has 3 rings (SSSR count). The third-order valence-corrected chi connectivity index (χ3v) is 4.52. The fourth-order valence-corrected chi connectivity index (χ4v) is 3.22. The summed E-state index contributed by atoms with van der Waals surface area (Å²) in [5.74, 6) is 1.18. The fraction of sp³-hybridized carbons (Fsp3) is 0.118. The Morgan fingerprint density at radius 3 is 2.67 bits per heavy atom. The lowest BCUT2D eigenvalue weighted by molar-refractivity contribution is -0.117. The molecule has 1 heterocycles. The first-order valence-corrected chi connectivity index (χ1v) is 8.15. The molecular weight excluding hydrogens is 331 g/mol. The first-order valence-electron chi connectivity index (χ1n) is 7.05. The number of amides is 1. The Hall–Kier alpha value is -2.85. The number of halogens is 1. The van der Waals surface area contributed by atoms with E-state index in [-0.39, 0.29) is 30.2 Å². The quantitative estimate of drug-likeness (QED) is 0.862. The van der Waals surface area contributed by atoms with Crippen LogP contribution in [0.4, 0.5) is 10.1 Å². The highest BCUT2D eigenvalue weighted by molar-refractivity contribution is 7.85. The lowest BCUT2D eigenvalue weighted by atomic mass is 10.1. The minimum absolute atomic E-state index is 0.00779. The van der Waals surface area contributed by atoms with Gasteiger partial charge in [0.2, 0.25) is 11.2 Å². The molecule has 24 heavy (non-hydrogen) atoms. The van der Waals surface area contributed by atoms with Gasteiger partial charge < -0.3 is 4.74 Å². The molecule has 1 saturated heterocycles. The average molecular weight is 344 g/mol. The maximum Gasteiger partial charge on any atom is 0.253 e. The molecule has 1 aliphatic heterocycles. The molecule has 0 aliphatic carbocycles. The predicted octanol–water partition coefficient (Wildman–Crippen LogP) is 1.90. The summed E-state index contributed by atoms with van der Waals surface area (Å²) in [4.78, 5) is 11.4. The van der Waals surface area contributed by atoms with Gasteiger partial charge >= 0.3 is 0 Å². The van der Waals surface area contributed by atoms with Gasteiger partial charge in [-0.25, -0.2) is 8.60 Å². The van der Waals surface area contributed by atoms with E-state index >= 15 is 0 Å². The van der Waals surface area contributed by atoms with Crippen LogP contribution in [0, 0.1) is 18.2 Å². The van der Waals surface area contributed by atoms with E-state index in [9.17, 15) is 13.4 Å². The summed E-state index contributed by atoms with van der Waals surface area (Å²) in [5.41, 5.74) is 0.813. The summed E-state index contributed by atoms with van der Waals surface area (Å²) in [5, 5.41) is 0. The maximum atomic E-state index is 14.7. The number of carbonyl (C=O) groups is 1. The zero-order valence-electron chi connectivity index (χ0n) is 12.5. The van der Waals surface area contributed by atoms with Crippen LogP contribution in [0.2, 0.25) is 0 Å². The van der Waals surface area contributed by atoms with Gasteiger partial charge in [-0.1, -0.05) is 36.3 Å². The van der Waals surface area contributed by atoms with Crippen molar-refractivity contribution >= 4 is 22.8 Å². The highest BCUT2D eigenvalue weighted by Crippen LogP contribution is 2.35. The number of ether oxygens (including phenoxy) is 1. The molecule has 0 radical (unpaired) electrons. The van der Waals surface area contributed by atoms with Crippen molar-refractivity contribution in [3.8, 4) is 18.1 Å². The smallest absolute Gasteiger partial charge is 0.253 e. The zero-order chi connectivity index (χ0) is 17.1. The molecule has 0 spiro atoms. The second kappa shape index (κ2) is 6.72. The third kappa shape index (κ3) is 3.09. The standard InChI is InChI=1S/C17H13FN2O3S/c1-2-13-8-9-14(23-11-12-6-4-3-5-7-12)17(16(13)18)20-10-15(21)19-24(20)22/h1,3-9H,10-11H2,(H,19,21). The van der Waals surface area contributed by atoms with E-state index in [0.717, 1.165) is 9.87 Å². The molecule has 2 aromatic rings. The van der Waals surface area contributed by atoms with E-state index in [2.05, 4.69) is 10.6 Å². The van der Waals surface area contributed by atoms with E-state index in [1.54, 1.807) is 0 Å². The van der Waals surface area contributed by atoms with Gasteiger partial charge in [-0.2, -0.15) is 0 Å². The van der Waals surface area contributed by atoms with Crippen molar-refractivity contribution in [1.82, 2.24) is 4.72 Å². The van der Waals surface area contributed by atoms with Crippen molar-refractivity contribution in [3.05, 3.63) is 59.4 Å². The van der Waals surface area contributed by atoms with Crippen LogP contribution in [0.15, 0.2) is 42.5 Å². The molecule has 1 N–H and O–H groups in total. The van der Waals surface area contributed by atoms with Crippen LogP contribution in [0.1, 0.15) is 11.1 Å². The highest BCUT2D eigenvalue weighted by Gasteiger charge is 2.32. The maximum absolute atomic E-state index is 14.7. The van der Waals surface area contributed by atoms with Crippen LogP contribution < -0.4 is 13.8 Å². The molecule has 1 fully saturated rings. The lowest BCUT2D eigenvalue weighted by Gasteiger charge is -2.19. The van der Waals surface area contributed by atoms with Crippen molar-refractivity contribution in [3.63, 3.8) is 0 Å². The Bertz CT molecular complexity index is 849. The highest BCUT2D eigenvalue weighted by atomic mass is 32.2. The zero-order valence-corrected chi connectivity index (χ0v) is 13.3. The van der Waals surface area contributed by atoms with Crippen LogP contribution in [0.3, 0.4) is 0 Å². The minimum Gasteiger partial charge on any atom is -0.487 e. The van der Waals surface area contributed by atoms with Crippen molar-refractivity contribution in [1.29, 1.82) is 0 Å². The molecule has 0 saturated carbocycles. The molecule has 5 nitrogen and oxygen atoms in total. The summed E-state index contributed by atoms with van der Waals surface area (Å²) < 4.78 is 35.7. The largest absolute Gasteiger partial charge is 0.487 e. The molecule has 1 aliphatic rings. The number of benzene rings is 2. The number of anilines is 1. The van der Waals surface area contributed by atoms with Crippen LogP contribution in [0.25, 0.3) is 0 Å². The summed E-state index contributed by atoms with van der Waals surface area (Å²) >= 11 is -1.88. The molecule has 0 aromatic heterocycles. The molecule has 2 aromatic carbocycles. The SMILES string of the molecule is C#Cc1ccc(OCc2ccccc2)c(N2CC(=O)NS2=O)c1F. The number of terminal acetylenes is 1. The summed E-state index contributed by atoms with van der Waals surface area (Å²) in [6.45, 7) is -0.0379. The Morgan fingerprint density at radius 1 is 1.29 bits per heavy atom. The van der Waals surface area contributed by atoms with Gasteiger partial charge in [0.1, 0.15) is 24.6 Å². The monoisotopic (exact) mass is 344 g/mol. The van der Waals surface area contributed by atoms with E-state index in [0.29, 0.717) is 0 Å². The number of hydrogen-bond acceptors (Lipinski definition) is 3. The fourth-order valence-electron chi connectivity index (χ4n) is 2.28. The molecule has 122 valence electrons. The van der Waals surface area contributed by atoms with Crippen molar-refractivity contribution in [2.75, 3.05) is 10.8 Å². The molecular formula is C17H13FN2O3S. The normalized spacial score (nSPS) is 16.6. The van der Waals surface area contributed by atoms with E-state index in [1.165, 1.54) is 12.1 Å². The van der Waals surface area contributed by atoms with E-state index in [1.807, 2.05) is 30.3 Å².